The van der Waals surface area contributed by atoms with Crippen molar-refractivity contribution in [2.75, 3.05) is 11.5 Å². The van der Waals surface area contributed by atoms with E-state index in [2.05, 4.69) is 19.9 Å². The highest BCUT2D eigenvalue weighted by molar-refractivity contribution is 7.91. The second kappa shape index (κ2) is 9.88. The molecule has 0 aliphatic rings. The largest absolute Gasteiger partial charge is 0.229 e. The zero-order valence-corrected chi connectivity index (χ0v) is 11.3. The number of rotatable bonds is 11. The maximum atomic E-state index is 11.3. The molecule has 16 heavy (non-hydrogen) atoms. The van der Waals surface area contributed by atoms with Crippen LogP contribution in [-0.4, -0.2) is 19.9 Å². The standard InChI is InChI=1S/C13H25O2S/c1-3-5-6-7-8-9-10-11-13-16(14,15)12-4-2/h4,7H,2-3,5-6,8-13H2,1H3. The van der Waals surface area contributed by atoms with Gasteiger partial charge < -0.3 is 0 Å². The maximum Gasteiger partial charge on any atom is 0.153 e. The molecule has 0 aromatic rings. The molecular formula is C13H25O2S. The van der Waals surface area contributed by atoms with Gasteiger partial charge in [0.2, 0.25) is 0 Å². The Morgan fingerprint density at radius 3 is 2.38 bits per heavy atom. The van der Waals surface area contributed by atoms with Crippen molar-refractivity contribution >= 4 is 9.84 Å². The molecule has 1 radical (unpaired) electrons. The highest BCUT2D eigenvalue weighted by atomic mass is 32.2. The fraction of sp³-hybridized carbons (Fsp3) is 0.769. The quantitative estimate of drug-likeness (QED) is 0.412. The molecule has 0 rings (SSSR count). The van der Waals surface area contributed by atoms with E-state index in [4.69, 9.17) is 0 Å². The SMILES string of the molecule is C=CCS(=O)(=O)CCCCC[CH]CCCC. The molecule has 2 nitrogen and oxygen atoms in total. The van der Waals surface area contributed by atoms with Crippen molar-refractivity contribution in [1.82, 2.24) is 0 Å². The summed E-state index contributed by atoms with van der Waals surface area (Å²) in [6.45, 7) is 5.64. The van der Waals surface area contributed by atoms with Gasteiger partial charge in [0, 0.05) is 0 Å². The van der Waals surface area contributed by atoms with Crippen LogP contribution in [0.2, 0.25) is 0 Å². The zero-order chi connectivity index (χ0) is 12.3. The Bertz CT molecular complexity index is 255. The van der Waals surface area contributed by atoms with Crippen molar-refractivity contribution in [3.05, 3.63) is 19.1 Å². The third-order valence-electron chi connectivity index (χ3n) is 2.50. The predicted molar refractivity (Wildman–Crippen MR) is 71.1 cm³/mol. The molecule has 0 unspecified atom stereocenters. The van der Waals surface area contributed by atoms with Crippen LogP contribution in [0.15, 0.2) is 12.7 Å². The van der Waals surface area contributed by atoms with Gasteiger partial charge in [0.05, 0.1) is 11.5 Å². The Morgan fingerprint density at radius 1 is 1.06 bits per heavy atom. The third kappa shape index (κ3) is 10.2. The van der Waals surface area contributed by atoms with E-state index in [1.807, 2.05) is 0 Å². The average molecular weight is 245 g/mol. The van der Waals surface area contributed by atoms with E-state index in [0.29, 0.717) is 5.75 Å². The summed E-state index contributed by atoms with van der Waals surface area (Å²) in [6, 6.07) is 0. The molecule has 95 valence electrons. The zero-order valence-electron chi connectivity index (χ0n) is 10.5. The summed E-state index contributed by atoms with van der Waals surface area (Å²) in [5.41, 5.74) is 0. The van der Waals surface area contributed by atoms with E-state index in [1.54, 1.807) is 0 Å². The molecule has 0 saturated heterocycles. The van der Waals surface area contributed by atoms with Gasteiger partial charge in [-0.2, -0.15) is 0 Å². The molecule has 0 saturated carbocycles. The van der Waals surface area contributed by atoms with Gasteiger partial charge in [-0.25, -0.2) is 8.42 Å². The summed E-state index contributed by atoms with van der Waals surface area (Å²) in [5.74, 6) is 0.434. The lowest BCUT2D eigenvalue weighted by molar-refractivity contribution is 0.591. The topological polar surface area (TPSA) is 34.1 Å². The second-order valence-electron chi connectivity index (χ2n) is 4.18. The number of unbranched alkanes of at least 4 members (excludes halogenated alkanes) is 7. The molecule has 0 aromatic heterocycles. The molecule has 0 amide bonds. The Hall–Kier alpha value is -0.310. The van der Waals surface area contributed by atoms with E-state index in [-0.39, 0.29) is 5.75 Å². The van der Waals surface area contributed by atoms with E-state index in [1.165, 1.54) is 25.3 Å². The molecule has 0 aliphatic carbocycles. The van der Waals surface area contributed by atoms with Crippen molar-refractivity contribution < 1.29 is 8.42 Å². The smallest absolute Gasteiger partial charge is 0.153 e. The number of hydrogen-bond acceptors (Lipinski definition) is 2. The first-order valence-electron chi connectivity index (χ1n) is 6.25. The summed E-state index contributed by atoms with van der Waals surface area (Å²) in [7, 11) is -2.86. The van der Waals surface area contributed by atoms with Crippen LogP contribution >= 0.6 is 0 Å². The summed E-state index contributed by atoms with van der Waals surface area (Å²) >= 11 is 0. The van der Waals surface area contributed by atoms with E-state index in [0.717, 1.165) is 25.7 Å². The summed E-state index contributed by atoms with van der Waals surface area (Å²) in [4.78, 5) is 0. The molecule has 0 aromatic carbocycles. The molecule has 0 heterocycles. The Kier molecular flexibility index (Phi) is 9.69. The van der Waals surface area contributed by atoms with Crippen LogP contribution in [0.5, 0.6) is 0 Å². The molecule has 3 heteroatoms. The Balaban J connectivity index is 3.30. The van der Waals surface area contributed by atoms with Crippen LogP contribution in [0.25, 0.3) is 0 Å². The minimum Gasteiger partial charge on any atom is -0.229 e. The molecule has 0 aliphatic heterocycles. The van der Waals surface area contributed by atoms with E-state index in [9.17, 15) is 8.42 Å². The number of sulfone groups is 1. The molecule has 0 fully saturated rings. The summed E-state index contributed by atoms with van der Waals surface area (Å²) < 4.78 is 22.7. The molecular weight excluding hydrogens is 220 g/mol. The van der Waals surface area contributed by atoms with Gasteiger partial charge in [0.1, 0.15) is 0 Å². The van der Waals surface area contributed by atoms with Crippen LogP contribution in [0.4, 0.5) is 0 Å². The van der Waals surface area contributed by atoms with Gasteiger partial charge in [0.25, 0.3) is 0 Å². The van der Waals surface area contributed by atoms with Gasteiger partial charge in [-0.05, 0) is 12.8 Å². The molecule has 0 N–H and O–H groups in total. The highest BCUT2D eigenvalue weighted by Gasteiger charge is 2.06. The van der Waals surface area contributed by atoms with Crippen LogP contribution in [0.3, 0.4) is 0 Å². The first kappa shape index (κ1) is 15.7. The average Bonchev–Trinajstić information content (AvgIpc) is 2.22. The van der Waals surface area contributed by atoms with Gasteiger partial charge in [0.15, 0.2) is 9.84 Å². The van der Waals surface area contributed by atoms with Crippen LogP contribution < -0.4 is 0 Å². The first-order valence-corrected chi connectivity index (χ1v) is 8.07. The lowest BCUT2D eigenvalue weighted by atomic mass is 10.1. The predicted octanol–water partition coefficient (Wildman–Crippen LogP) is 3.54. The minimum atomic E-state index is -2.86. The van der Waals surface area contributed by atoms with Gasteiger partial charge >= 0.3 is 0 Å². The monoisotopic (exact) mass is 245 g/mol. The van der Waals surface area contributed by atoms with E-state index >= 15 is 0 Å². The fourth-order valence-electron chi connectivity index (χ4n) is 1.54. The normalized spacial score (nSPS) is 11.6. The maximum absolute atomic E-state index is 11.3. The van der Waals surface area contributed by atoms with Gasteiger partial charge in [-0.15, -0.1) is 6.58 Å². The number of hydrogen-bond donors (Lipinski definition) is 0. The minimum absolute atomic E-state index is 0.121. The van der Waals surface area contributed by atoms with Crippen molar-refractivity contribution in [2.24, 2.45) is 0 Å². The van der Waals surface area contributed by atoms with Crippen molar-refractivity contribution in [3.8, 4) is 0 Å². The van der Waals surface area contributed by atoms with Crippen LogP contribution in [0, 0.1) is 6.42 Å². The molecule has 0 atom stereocenters. The summed E-state index contributed by atoms with van der Waals surface area (Å²) in [6.07, 6.45) is 11.6. The van der Waals surface area contributed by atoms with Gasteiger partial charge in [-0.3, -0.25) is 0 Å². The molecule has 0 spiro atoms. The highest BCUT2D eigenvalue weighted by Crippen LogP contribution is 2.08. The summed E-state index contributed by atoms with van der Waals surface area (Å²) in [5, 5.41) is 0. The van der Waals surface area contributed by atoms with Crippen molar-refractivity contribution in [1.29, 1.82) is 0 Å². The lowest BCUT2D eigenvalue weighted by Gasteiger charge is -2.02. The van der Waals surface area contributed by atoms with Gasteiger partial charge in [-0.1, -0.05) is 51.5 Å². The Labute approximate surface area is 101 Å². The van der Waals surface area contributed by atoms with Crippen LogP contribution in [0.1, 0.15) is 51.9 Å². The lowest BCUT2D eigenvalue weighted by Crippen LogP contribution is -2.09. The van der Waals surface area contributed by atoms with Crippen molar-refractivity contribution in [2.45, 2.75) is 51.9 Å². The fourth-order valence-corrected chi connectivity index (χ4v) is 2.71. The van der Waals surface area contributed by atoms with Crippen LogP contribution in [-0.2, 0) is 9.84 Å². The molecule has 0 bridgehead atoms. The first-order chi connectivity index (χ1) is 7.62. The second-order valence-corrected chi connectivity index (χ2v) is 6.41. The third-order valence-corrected chi connectivity index (χ3v) is 4.15. The van der Waals surface area contributed by atoms with Crippen molar-refractivity contribution in [3.63, 3.8) is 0 Å². The van der Waals surface area contributed by atoms with E-state index < -0.39 is 9.84 Å². The Morgan fingerprint density at radius 2 is 1.75 bits per heavy atom.